The van der Waals surface area contributed by atoms with Crippen LogP contribution in [0.1, 0.15) is 42.5 Å². The van der Waals surface area contributed by atoms with Crippen molar-refractivity contribution in [2.24, 2.45) is 5.92 Å². The van der Waals surface area contributed by atoms with Crippen molar-refractivity contribution in [1.29, 1.82) is 0 Å². The molecule has 1 aromatic heterocycles. The molecule has 1 aliphatic carbocycles. The number of carbonyl (C=O) groups is 1. The van der Waals surface area contributed by atoms with Gasteiger partial charge in [-0.05, 0) is 33.1 Å². The maximum absolute atomic E-state index is 12.5. The molecule has 1 aromatic rings. The van der Waals surface area contributed by atoms with Crippen molar-refractivity contribution < 1.29 is 9.53 Å². The van der Waals surface area contributed by atoms with E-state index in [0.29, 0.717) is 11.8 Å². The van der Waals surface area contributed by atoms with Gasteiger partial charge >= 0.3 is 0 Å². The molecule has 0 unspecified atom stereocenters. The van der Waals surface area contributed by atoms with Crippen LogP contribution in [0.25, 0.3) is 0 Å². The number of nitrogens with zero attached hydrogens (tertiary/aromatic N) is 3. The molecular weight excluding hydrogens is 302 g/mol. The van der Waals surface area contributed by atoms with Crippen molar-refractivity contribution in [3.8, 4) is 5.75 Å². The Balaban J connectivity index is 1.61. The van der Waals surface area contributed by atoms with E-state index in [-0.39, 0.29) is 0 Å². The number of hydrogen-bond acceptors (Lipinski definition) is 4. The van der Waals surface area contributed by atoms with Crippen molar-refractivity contribution in [2.45, 2.75) is 46.1 Å². The van der Waals surface area contributed by atoms with Crippen LogP contribution in [0.5, 0.6) is 5.75 Å². The third-order valence-electron chi connectivity index (χ3n) is 5.48. The summed E-state index contributed by atoms with van der Waals surface area (Å²) >= 11 is 0. The van der Waals surface area contributed by atoms with Gasteiger partial charge < -0.3 is 9.64 Å². The Bertz CT molecular complexity index is 599. The van der Waals surface area contributed by atoms with Crippen molar-refractivity contribution in [2.75, 3.05) is 33.3 Å². The Morgan fingerprint density at radius 1 is 1.21 bits per heavy atom. The SMILES string of the molecule is COc1c(C)cnc(CN2CCCN(C(=O)C3CCC3)CC2)c1C. The highest BCUT2D eigenvalue weighted by Gasteiger charge is 2.30. The molecule has 1 amide bonds. The quantitative estimate of drug-likeness (QED) is 0.850. The zero-order valence-corrected chi connectivity index (χ0v) is 15.2. The summed E-state index contributed by atoms with van der Waals surface area (Å²) in [5.41, 5.74) is 3.28. The number of hydrogen-bond donors (Lipinski definition) is 0. The predicted octanol–water partition coefficient (Wildman–Crippen LogP) is 2.54. The minimum Gasteiger partial charge on any atom is -0.496 e. The number of aromatic nitrogens is 1. The molecule has 0 N–H and O–H groups in total. The van der Waals surface area contributed by atoms with Gasteiger partial charge in [-0.1, -0.05) is 6.42 Å². The molecule has 24 heavy (non-hydrogen) atoms. The zero-order valence-electron chi connectivity index (χ0n) is 15.2. The summed E-state index contributed by atoms with van der Waals surface area (Å²) in [6.07, 6.45) is 6.33. The molecule has 0 bridgehead atoms. The van der Waals surface area contributed by atoms with Gasteiger partial charge in [0.25, 0.3) is 0 Å². The van der Waals surface area contributed by atoms with E-state index in [2.05, 4.69) is 21.7 Å². The first-order valence-electron chi connectivity index (χ1n) is 9.10. The molecule has 0 atom stereocenters. The van der Waals surface area contributed by atoms with Crippen LogP contribution in [0.4, 0.5) is 0 Å². The second-order valence-corrected chi connectivity index (χ2v) is 7.13. The highest BCUT2D eigenvalue weighted by atomic mass is 16.5. The fourth-order valence-corrected chi connectivity index (χ4v) is 3.71. The van der Waals surface area contributed by atoms with Gasteiger partial charge in [0.05, 0.1) is 12.8 Å². The molecule has 0 aromatic carbocycles. The van der Waals surface area contributed by atoms with E-state index in [1.807, 2.05) is 13.1 Å². The lowest BCUT2D eigenvalue weighted by Crippen LogP contribution is -2.41. The van der Waals surface area contributed by atoms with Crippen LogP contribution in [-0.2, 0) is 11.3 Å². The van der Waals surface area contributed by atoms with E-state index in [1.165, 1.54) is 6.42 Å². The van der Waals surface area contributed by atoms with Crippen LogP contribution >= 0.6 is 0 Å². The third-order valence-corrected chi connectivity index (χ3v) is 5.48. The molecule has 3 rings (SSSR count). The van der Waals surface area contributed by atoms with E-state index in [0.717, 1.165) is 74.6 Å². The Labute approximate surface area is 145 Å². The van der Waals surface area contributed by atoms with Gasteiger partial charge in [0.2, 0.25) is 5.91 Å². The fourth-order valence-electron chi connectivity index (χ4n) is 3.71. The van der Waals surface area contributed by atoms with Crippen molar-refractivity contribution in [3.63, 3.8) is 0 Å². The summed E-state index contributed by atoms with van der Waals surface area (Å²) in [5.74, 6) is 1.63. The molecule has 0 spiro atoms. The number of carbonyl (C=O) groups excluding carboxylic acids is 1. The molecular formula is C19H29N3O2. The summed E-state index contributed by atoms with van der Waals surface area (Å²) < 4.78 is 5.51. The number of amides is 1. The van der Waals surface area contributed by atoms with E-state index in [1.54, 1.807) is 7.11 Å². The molecule has 1 saturated carbocycles. The minimum atomic E-state index is 0.307. The van der Waals surface area contributed by atoms with Crippen LogP contribution in [0.3, 0.4) is 0 Å². The molecule has 5 nitrogen and oxygen atoms in total. The molecule has 2 heterocycles. The molecule has 1 aliphatic heterocycles. The maximum Gasteiger partial charge on any atom is 0.225 e. The Hall–Kier alpha value is -1.62. The molecule has 0 radical (unpaired) electrons. The smallest absolute Gasteiger partial charge is 0.225 e. The largest absolute Gasteiger partial charge is 0.496 e. The Morgan fingerprint density at radius 2 is 2.00 bits per heavy atom. The van der Waals surface area contributed by atoms with Crippen molar-refractivity contribution in [3.05, 3.63) is 23.0 Å². The van der Waals surface area contributed by atoms with Gasteiger partial charge in [0.15, 0.2) is 0 Å². The summed E-state index contributed by atoms with van der Waals surface area (Å²) in [6, 6.07) is 0. The number of aryl methyl sites for hydroxylation is 1. The zero-order chi connectivity index (χ0) is 17.1. The van der Waals surface area contributed by atoms with Crippen molar-refractivity contribution in [1.82, 2.24) is 14.8 Å². The van der Waals surface area contributed by atoms with Crippen LogP contribution < -0.4 is 4.74 Å². The number of methoxy groups -OCH3 is 1. The lowest BCUT2D eigenvalue weighted by molar-refractivity contribution is -0.138. The molecule has 132 valence electrons. The van der Waals surface area contributed by atoms with E-state index in [9.17, 15) is 4.79 Å². The van der Waals surface area contributed by atoms with Crippen LogP contribution in [-0.4, -0.2) is 54.0 Å². The van der Waals surface area contributed by atoms with Crippen molar-refractivity contribution >= 4 is 5.91 Å². The highest BCUT2D eigenvalue weighted by Crippen LogP contribution is 2.29. The number of ether oxygens (including phenoxy) is 1. The van der Waals surface area contributed by atoms with Gasteiger partial charge in [-0.15, -0.1) is 0 Å². The lowest BCUT2D eigenvalue weighted by atomic mass is 9.84. The number of rotatable bonds is 4. The van der Waals surface area contributed by atoms with E-state index < -0.39 is 0 Å². The topological polar surface area (TPSA) is 45.7 Å². The van der Waals surface area contributed by atoms with Gasteiger partial charge in [-0.25, -0.2) is 0 Å². The highest BCUT2D eigenvalue weighted by molar-refractivity contribution is 5.79. The average molecular weight is 331 g/mol. The maximum atomic E-state index is 12.5. The first-order chi connectivity index (χ1) is 11.6. The Morgan fingerprint density at radius 3 is 2.67 bits per heavy atom. The lowest BCUT2D eigenvalue weighted by Gasteiger charge is -2.31. The molecule has 2 aliphatic rings. The molecule has 5 heteroatoms. The molecule has 2 fully saturated rings. The van der Waals surface area contributed by atoms with Gasteiger partial charge in [0.1, 0.15) is 5.75 Å². The first kappa shape index (κ1) is 17.2. The van der Waals surface area contributed by atoms with E-state index >= 15 is 0 Å². The summed E-state index contributed by atoms with van der Waals surface area (Å²) in [4.78, 5) is 21.6. The fraction of sp³-hybridized carbons (Fsp3) is 0.684. The van der Waals surface area contributed by atoms with Crippen LogP contribution in [0.15, 0.2) is 6.20 Å². The standard InChI is InChI=1S/C19H29N3O2/c1-14-12-20-17(15(2)18(14)24-3)13-21-8-5-9-22(11-10-21)19(23)16-6-4-7-16/h12,16H,4-11,13H2,1-3H3. The summed E-state index contributed by atoms with van der Waals surface area (Å²) in [7, 11) is 1.72. The van der Waals surface area contributed by atoms with Gasteiger partial charge in [-0.3, -0.25) is 14.7 Å². The number of pyridine rings is 1. The Kier molecular flexibility index (Phi) is 5.39. The minimum absolute atomic E-state index is 0.307. The van der Waals surface area contributed by atoms with E-state index in [4.69, 9.17) is 4.74 Å². The monoisotopic (exact) mass is 331 g/mol. The summed E-state index contributed by atoms with van der Waals surface area (Å²) in [6.45, 7) is 8.62. The second kappa shape index (κ2) is 7.51. The average Bonchev–Trinajstić information content (AvgIpc) is 2.74. The first-order valence-corrected chi connectivity index (χ1v) is 9.10. The predicted molar refractivity (Wildman–Crippen MR) is 94.1 cm³/mol. The normalized spacial score (nSPS) is 19.7. The summed E-state index contributed by atoms with van der Waals surface area (Å²) in [5, 5.41) is 0. The van der Waals surface area contributed by atoms with Crippen LogP contribution in [0.2, 0.25) is 0 Å². The van der Waals surface area contributed by atoms with Gasteiger partial charge in [0, 0.05) is 56.0 Å². The second-order valence-electron chi connectivity index (χ2n) is 7.13. The molecule has 1 saturated heterocycles. The van der Waals surface area contributed by atoms with Crippen LogP contribution in [0, 0.1) is 19.8 Å². The third kappa shape index (κ3) is 3.56. The van der Waals surface area contributed by atoms with Gasteiger partial charge in [-0.2, -0.15) is 0 Å².